The van der Waals surface area contributed by atoms with Crippen molar-refractivity contribution in [3.63, 3.8) is 0 Å². The second-order valence-electron chi connectivity index (χ2n) is 8.01. The smallest absolute Gasteiger partial charge is 0.327 e. The van der Waals surface area contributed by atoms with Crippen LogP contribution >= 0.6 is 24.4 Å². The molecule has 1 saturated heterocycles. The lowest BCUT2D eigenvalue weighted by Gasteiger charge is -2.25. The van der Waals surface area contributed by atoms with Gasteiger partial charge in [-0.2, -0.15) is 24.4 Å². The number of carbonyl (C=O) groups excluding carboxylic acids is 3. The van der Waals surface area contributed by atoms with Crippen LogP contribution in [-0.4, -0.2) is 82.4 Å². The third-order valence-electron chi connectivity index (χ3n) is 5.43. The van der Waals surface area contributed by atoms with Crippen LogP contribution in [0.25, 0.3) is 0 Å². The molecule has 0 spiro atoms. The summed E-state index contributed by atoms with van der Waals surface area (Å²) < 4.78 is 0. The van der Waals surface area contributed by atoms with Crippen LogP contribution in [0.3, 0.4) is 0 Å². The number of phenolic OH excluding ortho intramolecular Hbond substituents is 1. The molecule has 1 aliphatic rings. The van der Waals surface area contributed by atoms with Gasteiger partial charge in [-0.3, -0.25) is 14.4 Å². The number of thiol groups is 1. The number of rotatable bonds is 13. The van der Waals surface area contributed by atoms with E-state index in [0.717, 1.165) is 13.0 Å². The van der Waals surface area contributed by atoms with Gasteiger partial charge in [-0.25, -0.2) is 4.79 Å². The number of carbonyl (C=O) groups is 4. The molecule has 0 aliphatic carbocycles. The highest BCUT2D eigenvalue weighted by molar-refractivity contribution is 7.98. The van der Waals surface area contributed by atoms with Crippen molar-refractivity contribution in [2.24, 2.45) is 0 Å². The zero-order valence-corrected chi connectivity index (χ0v) is 20.7. The monoisotopic (exact) mass is 512 g/mol. The molecule has 4 unspecified atom stereocenters. The number of nitrogens with one attached hydrogen (secondary N) is 4. The number of aliphatic carboxylic acids is 1. The van der Waals surface area contributed by atoms with Crippen molar-refractivity contribution in [2.75, 3.05) is 24.3 Å². The Hall–Kier alpha value is -2.44. The maximum Gasteiger partial charge on any atom is 0.327 e. The molecule has 6 N–H and O–H groups in total. The molecule has 0 aromatic heterocycles. The van der Waals surface area contributed by atoms with E-state index in [-0.39, 0.29) is 30.3 Å². The largest absolute Gasteiger partial charge is 0.508 e. The van der Waals surface area contributed by atoms with Crippen molar-refractivity contribution in [1.82, 2.24) is 21.3 Å². The van der Waals surface area contributed by atoms with Gasteiger partial charge in [0.2, 0.25) is 17.7 Å². The molecule has 188 valence electrons. The van der Waals surface area contributed by atoms with E-state index in [1.807, 2.05) is 6.26 Å². The summed E-state index contributed by atoms with van der Waals surface area (Å²) in [5.41, 5.74) is 0.712. The minimum atomic E-state index is -1.22. The van der Waals surface area contributed by atoms with Gasteiger partial charge in [0.1, 0.15) is 23.9 Å². The summed E-state index contributed by atoms with van der Waals surface area (Å²) >= 11 is 5.44. The molecule has 1 aromatic carbocycles. The van der Waals surface area contributed by atoms with Gasteiger partial charge in [0.25, 0.3) is 0 Å². The second-order valence-corrected chi connectivity index (χ2v) is 9.36. The average molecular weight is 513 g/mol. The van der Waals surface area contributed by atoms with Crippen molar-refractivity contribution in [3.05, 3.63) is 29.8 Å². The second kappa shape index (κ2) is 14.1. The SMILES string of the molecule is CSCCC(NC(=O)C(Cc1ccc(O)cc1)NC(=O)C1CCCN1)C(=O)NC(CS)C(=O)O. The van der Waals surface area contributed by atoms with Crippen molar-refractivity contribution in [1.29, 1.82) is 0 Å². The third-order valence-corrected chi connectivity index (χ3v) is 6.44. The lowest BCUT2D eigenvalue weighted by atomic mass is 10.0. The maximum atomic E-state index is 13.2. The first-order chi connectivity index (χ1) is 16.2. The van der Waals surface area contributed by atoms with Gasteiger partial charge in [-0.05, 0) is 55.5 Å². The number of amides is 3. The van der Waals surface area contributed by atoms with E-state index in [1.54, 1.807) is 12.1 Å². The molecule has 34 heavy (non-hydrogen) atoms. The number of phenols is 1. The quantitative estimate of drug-likeness (QED) is 0.181. The molecule has 0 radical (unpaired) electrons. The van der Waals surface area contributed by atoms with Crippen LogP contribution in [-0.2, 0) is 25.6 Å². The number of aromatic hydroxyl groups is 1. The molecular weight excluding hydrogens is 480 g/mol. The van der Waals surface area contributed by atoms with E-state index in [4.69, 9.17) is 0 Å². The van der Waals surface area contributed by atoms with Crippen molar-refractivity contribution in [2.45, 2.75) is 49.9 Å². The van der Waals surface area contributed by atoms with Crippen LogP contribution < -0.4 is 21.3 Å². The number of hydrogen-bond donors (Lipinski definition) is 7. The van der Waals surface area contributed by atoms with E-state index in [2.05, 4.69) is 33.9 Å². The first kappa shape index (κ1) is 27.8. The molecule has 3 amide bonds. The Morgan fingerprint density at radius 2 is 1.74 bits per heavy atom. The first-order valence-electron chi connectivity index (χ1n) is 11.0. The molecule has 0 bridgehead atoms. The molecule has 1 aromatic rings. The van der Waals surface area contributed by atoms with E-state index in [1.165, 1.54) is 23.9 Å². The Morgan fingerprint density at radius 3 is 2.29 bits per heavy atom. The molecule has 1 fully saturated rings. The number of hydrogen-bond acceptors (Lipinski definition) is 8. The normalized spacial score (nSPS) is 17.9. The van der Waals surface area contributed by atoms with Gasteiger partial charge in [0, 0.05) is 12.2 Å². The van der Waals surface area contributed by atoms with E-state index in [9.17, 15) is 29.4 Å². The summed E-state index contributed by atoms with van der Waals surface area (Å²) in [7, 11) is 0. The van der Waals surface area contributed by atoms with Crippen LogP contribution in [0.2, 0.25) is 0 Å². The highest BCUT2D eigenvalue weighted by Gasteiger charge is 2.31. The average Bonchev–Trinajstić information content (AvgIpc) is 3.35. The molecule has 0 saturated carbocycles. The highest BCUT2D eigenvalue weighted by Crippen LogP contribution is 2.13. The minimum absolute atomic E-state index is 0.0786. The first-order valence-corrected chi connectivity index (χ1v) is 13.0. The minimum Gasteiger partial charge on any atom is -0.508 e. The van der Waals surface area contributed by atoms with E-state index >= 15 is 0 Å². The van der Waals surface area contributed by atoms with Crippen LogP contribution in [0.15, 0.2) is 24.3 Å². The molecule has 1 aliphatic heterocycles. The Morgan fingerprint density at radius 1 is 1.09 bits per heavy atom. The Bertz CT molecular complexity index is 848. The van der Waals surface area contributed by atoms with Crippen molar-refractivity contribution >= 4 is 48.1 Å². The number of thioether (sulfide) groups is 1. The van der Waals surface area contributed by atoms with Gasteiger partial charge < -0.3 is 31.5 Å². The fraction of sp³-hybridized carbons (Fsp3) is 0.545. The Kier molecular flexibility index (Phi) is 11.5. The summed E-state index contributed by atoms with van der Waals surface area (Å²) in [5, 5.41) is 29.7. The van der Waals surface area contributed by atoms with Crippen molar-refractivity contribution < 1.29 is 29.4 Å². The third kappa shape index (κ3) is 8.73. The Balaban J connectivity index is 2.17. The number of benzene rings is 1. The van der Waals surface area contributed by atoms with Gasteiger partial charge in [-0.15, -0.1) is 0 Å². The zero-order chi connectivity index (χ0) is 25.1. The lowest BCUT2D eigenvalue weighted by molar-refractivity contribution is -0.141. The standard InChI is InChI=1S/C22H32N4O6S2/c1-34-10-8-16(20(29)26-18(12-33)22(31)32)24-21(30)17(11-13-4-6-14(27)7-5-13)25-19(28)15-3-2-9-23-15/h4-7,15-18,23,27,33H,2-3,8-12H2,1H3,(H,24,30)(H,25,28)(H,26,29)(H,31,32). The predicted molar refractivity (Wildman–Crippen MR) is 133 cm³/mol. The summed E-state index contributed by atoms with van der Waals surface area (Å²) in [6, 6.07) is 2.75. The topological polar surface area (TPSA) is 157 Å². The summed E-state index contributed by atoms with van der Waals surface area (Å²) in [4.78, 5) is 50.0. The van der Waals surface area contributed by atoms with Gasteiger partial charge in [0.15, 0.2) is 0 Å². The molecule has 10 nitrogen and oxygen atoms in total. The fourth-order valence-corrected chi connectivity index (χ4v) is 4.21. The Labute approximate surface area is 208 Å². The van der Waals surface area contributed by atoms with Crippen LogP contribution in [0.5, 0.6) is 5.75 Å². The van der Waals surface area contributed by atoms with Crippen molar-refractivity contribution in [3.8, 4) is 5.75 Å². The van der Waals surface area contributed by atoms with E-state index < -0.39 is 42.0 Å². The summed E-state index contributed by atoms with van der Waals surface area (Å²) in [6.45, 7) is 0.722. The number of carboxylic acids is 1. The summed E-state index contributed by atoms with van der Waals surface area (Å²) in [6.07, 6.45) is 3.81. The summed E-state index contributed by atoms with van der Waals surface area (Å²) in [5.74, 6) is -2.18. The maximum absolute atomic E-state index is 13.2. The predicted octanol–water partition coefficient (Wildman–Crippen LogP) is -0.0914. The van der Waals surface area contributed by atoms with Crippen LogP contribution in [0, 0.1) is 0 Å². The number of carboxylic acid groups (broad SMARTS) is 1. The lowest BCUT2D eigenvalue weighted by Crippen LogP contribution is -2.57. The van der Waals surface area contributed by atoms with Gasteiger partial charge >= 0.3 is 5.97 Å². The van der Waals surface area contributed by atoms with Gasteiger partial charge in [-0.1, -0.05) is 12.1 Å². The zero-order valence-electron chi connectivity index (χ0n) is 19.0. The molecular formula is C22H32N4O6S2. The fourth-order valence-electron chi connectivity index (χ4n) is 3.49. The van der Waals surface area contributed by atoms with Crippen LogP contribution in [0.1, 0.15) is 24.8 Å². The highest BCUT2D eigenvalue weighted by atomic mass is 32.2. The molecule has 12 heteroatoms. The molecule has 4 atom stereocenters. The van der Waals surface area contributed by atoms with Crippen LogP contribution in [0.4, 0.5) is 0 Å². The molecule has 2 rings (SSSR count). The van der Waals surface area contributed by atoms with E-state index in [0.29, 0.717) is 17.7 Å². The van der Waals surface area contributed by atoms with Gasteiger partial charge in [0.05, 0.1) is 6.04 Å². The molecule has 1 heterocycles.